The molecule has 33 heavy (non-hydrogen) atoms. The Morgan fingerprint density at radius 3 is 1.88 bits per heavy atom. The number of carbonyl (C=O) groups excluding carboxylic acids is 3. The molecule has 1 saturated carbocycles. The molecule has 0 aliphatic heterocycles. The maximum atomic E-state index is 12.9. The van der Waals surface area contributed by atoms with E-state index in [9.17, 15) is 14.4 Å². The monoisotopic (exact) mass is 442 g/mol. The van der Waals surface area contributed by atoms with E-state index in [2.05, 4.69) is 10.6 Å². The molecule has 0 radical (unpaired) electrons. The van der Waals surface area contributed by atoms with Crippen LogP contribution in [0.2, 0.25) is 0 Å². The van der Waals surface area contributed by atoms with E-state index in [1.165, 1.54) is 7.11 Å². The van der Waals surface area contributed by atoms with Crippen molar-refractivity contribution in [2.75, 3.05) is 17.7 Å². The van der Waals surface area contributed by atoms with Crippen molar-refractivity contribution in [2.45, 2.75) is 19.3 Å². The van der Waals surface area contributed by atoms with Crippen LogP contribution in [0, 0.1) is 11.8 Å². The van der Waals surface area contributed by atoms with E-state index >= 15 is 0 Å². The summed E-state index contributed by atoms with van der Waals surface area (Å²) in [6.45, 7) is 0. The number of nitrogens with one attached hydrogen (secondary N) is 2. The van der Waals surface area contributed by atoms with Crippen molar-refractivity contribution in [2.24, 2.45) is 11.8 Å². The third-order valence-electron chi connectivity index (χ3n) is 6.03. The van der Waals surface area contributed by atoms with Gasteiger partial charge in [-0.3, -0.25) is 9.59 Å². The largest absolute Gasteiger partial charge is 0.469 e. The zero-order valence-electron chi connectivity index (χ0n) is 18.4. The second kappa shape index (κ2) is 10.1. The zero-order valence-corrected chi connectivity index (χ0v) is 18.4. The topological polar surface area (TPSA) is 84.5 Å². The summed E-state index contributed by atoms with van der Waals surface area (Å²) >= 11 is 0. The maximum Gasteiger partial charge on any atom is 0.323 e. The van der Waals surface area contributed by atoms with Crippen molar-refractivity contribution in [1.82, 2.24) is 0 Å². The first-order valence-electron chi connectivity index (χ1n) is 11.0. The van der Waals surface area contributed by atoms with E-state index in [4.69, 9.17) is 4.74 Å². The average molecular weight is 443 g/mol. The summed E-state index contributed by atoms with van der Waals surface area (Å²) in [6, 6.07) is 23.8. The lowest BCUT2D eigenvalue weighted by molar-refractivity contribution is -0.146. The van der Waals surface area contributed by atoms with Crippen LogP contribution in [0.4, 0.5) is 16.2 Å². The van der Waals surface area contributed by atoms with Crippen LogP contribution in [-0.2, 0) is 9.53 Å². The highest BCUT2D eigenvalue weighted by Crippen LogP contribution is 2.35. The second-order valence-corrected chi connectivity index (χ2v) is 8.13. The minimum absolute atomic E-state index is 0.00146. The van der Waals surface area contributed by atoms with Gasteiger partial charge in [0, 0.05) is 22.9 Å². The maximum absolute atomic E-state index is 12.9. The molecule has 168 valence electrons. The zero-order chi connectivity index (χ0) is 23.2. The highest BCUT2D eigenvalue weighted by molar-refractivity contribution is 6.01. The summed E-state index contributed by atoms with van der Waals surface area (Å²) in [4.78, 5) is 37.1. The number of rotatable bonds is 6. The van der Waals surface area contributed by atoms with Gasteiger partial charge in [-0.25, -0.2) is 4.79 Å². The molecule has 3 aromatic rings. The minimum atomic E-state index is -0.346. The molecule has 4 rings (SSSR count). The van der Waals surface area contributed by atoms with E-state index in [-0.39, 0.29) is 29.6 Å². The number of Topliss-reactive ketones (excluding diaryl/α,β-unsaturated/α-hetero) is 1. The number of carbonyl (C=O) groups is 3. The Hall–Kier alpha value is -3.93. The molecule has 0 saturated heterocycles. The summed E-state index contributed by atoms with van der Waals surface area (Å²) in [5.41, 5.74) is 3.93. The lowest BCUT2D eigenvalue weighted by Crippen LogP contribution is -2.26. The number of para-hydroxylation sites is 1. The van der Waals surface area contributed by atoms with Crippen LogP contribution in [0.15, 0.2) is 78.9 Å². The van der Waals surface area contributed by atoms with Crippen LogP contribution < -0.4 is 10.6 Å². The molecule has 0 spiro atoms. The number of urea groups is 1. The number of amides is 2. The van der Waals surface area contributed by atoms with Gasteiger partial charge in [0.05, 0.1) is 13.0 Å². The Morgan fingerprint density at radius 1 is 0.727 bits per heavy atom. The standard InChI is InChI=1S/C27H26N2O4/c1-33-26(31)24-9-5-8-23(24)25(30)20-12-10-18(11-13-20)19-14-16-22(17-15-19)29-27(32)28-21-6-3-2-4-7-21/h2-4,6-7,10-17,23-24H,5,8-9H2,1H3,(H2,28,29,32)/t23-,24-/m1/s1. The first kappa shape index (κ1) is 22.3. The van der Waals surface area contributed by atoms with Crippen molar-refractivity contribution in [3.05, 3.63) is 84.4 Å². The Bertz CT molecular complexity index is 1130. The van der Waals surface area contributed by atoms with Gasteiger partial charge in [-0.05, 0) is 48.2 Å². The quantitative estimate of drug-likeness (QED) is 0.375. The van der Waals surface area contributed by atoms with E-state index < -0.39 is 0 Å². The van der Waals surface area contributed by atoms with Gasteiger partial charge in [0.25, 0.3) is 0 Å². The molecular weight excluding hydrogens is 416 g/mol. The van der Waals surface area contributed by atoms with Gasteiger partial charge in [-0.1, -0.05) is 61.0 Å². The first-order chi connectivity index (χ1) is 16.0. The van der Waals surface area contributed by atoms with Crippen LogP contribution in [-0.4, -0.2) is 24.9 Å². The van der Waals surface area contributed by atoms with Crippen molar-refractivity contribution >= 4 is 29.2 Å². The molecule has 2 N–H and O–H groups in total. The molecule has 6 heteroatoms. The second-order valence-electron chi connectivity index (χ2n) is 8.13. The van der Waals surface area contributed by atoms with Crippen molar-refractivity contribution in [3.8, 4) is 11.1 Å². The molecule has 1 aliphatic rings. The van der Waals surface area contributed by atoms with Gasteiger partial charge in [0.2, 0.25) is 0 Å². The fourth-order valence-electron chi connectivity index (χ4n) is 4.31. The number of hydrogen-bond donors (Lipinski definition) is 2. The molecule has 1 fully saturated rings. The van der Waals surface area contributed by atoms with Crippen molar-refractivity contribution in [3.63, 3.8) is 0 Å². The van der Waals surface area contributed by atoms with Crippen LogP contribution >= 0.6 is 0 Å². The molecular formula is C27H26N2O4. The predicted octanol–water partition coefficient (Wildman–Crippen LogP) is 5.77. The number of benzene rings is 3. The first-order valence-corrected chi connectivity index (χ1v) is 11.0. The number of ketones is 1. The average Bonchev–Trinajstić information content (AvgIpc) is 3.34. The van der Waals surface area contributed by atoms with Gasteiger partial charge in [-0.15, -0.1) is 0 Å². The molecule has 2 atom stereocenters. The highest BCUT2D eigenvalue weighted by Gasteiger charge is 2.38. The molecule has 0 aromatic heterocycles. The van der Waals surface area contributed by atoms with E-state index in [0.717, 1.165) is 23.2 Å². The number of ether oxygens (including phenoxy) is 1. The Balaban J connectivity index is 1.39. The summed E-state index contributed by atoms with van der Waals surface area (Å²) in [7, 11) is 1.37. The molecule has 0 bridgehead atoms. The lowest BCUT2D eigenvalue weighted by atomic mass is 9.88. The Kier molecular flexibility index (Phi) is 6.83. The summed E-state index contributed by atoms with van der Waals surface area (Å²) < 4.78 is 4.87. The van der Waals surface area contributed by atoms with Crippen molar-refractivity contribution in [1.29, 1.82) is 0 Å². The van der Waals surface area contributed by atoms with Crippen LogP contribution in [0.5, 0.6) is 0 Å². The van der Waals surface area contributed by atoms with Crippen LogP contribution in [0.25, 0.3) is 11.1 Å². The van der Waals surface area contributed by atoms with Gasteiger partial charge < -0.3 is 15.4 Å². The number of esters is 1. The van der Waals surface area contributed by atoms with Crippen LogP contribution in [0.3, 0.4) is 0 Å². The van der Waals surface area contributed by atoms with Gasteiger partial charge >= 0.3 is 12.0 Å². The van der Waals surface area contributed by atoms with Gasteiger partial charge in [0.15, 0.2) is 5.78 Å². The summed E-state index contributed by atoms with van der Waals surface area (Å²) in [6.07, 6.45) is 2.27. The molecule has 0 heterocycles. The van der Waals surface area contributed by atoms with Crippen LogP contribution in [0.1, 0.15) is 29.6 Å². The van der Waals surface area contributed by atoms with E-state index in [0.29, 0.717) is 24.1 Å². The van der Waals surface area contributed by atoms with Gasteiger partial charge in [0.1, 0.15) is 0 Å². The van der Waals surface area contributed by atoms with Gasteiger partial charge in [-0.2, -0.15) is 0 Å². The molecule has 0 unspecified atom stereocenters. The number of hydrogen-bond acceptors (Lipinski definition) is 4. The third kappa shape index (κ3) is 5.29. The fourth-order valence-corrected chi connectivity index (χ4v) is 4.31. The van der Waals surface area contributed by atoms with E-state index in [1.807, 2.05) is 78.9 Å². The van der Waals surface area contributed by atoms with Crippen molar-refractivity contribution < 1.29 is 19.1 Å². The predicted molar refractivity (Wildman–Crippen MR) is 128 cm³/mol. The SMILES string of the molecule is COC(=O)[C@@H]1CCC[C@H]1C(=O)c1ccc(-c2ccc(NC(=O)Nc3ccccc3)cc2)cc1. The normalized spacial score (nSPS) is 17.2. The van der Waals surface area contributed by atoms with E-state index in [1.54, 1.807) is 0 Å². The molecule has 3 aromatic carbocycles. The Labute approximate surface area is 193 Å². The fraction of sp³-hybridized carbons (Fsp3) is 0.222. The Morgan fingerprint density at radius 2 is 1.27 bits per heavy atom. The smallest absolute Gasteiger partial charge is 0.323 e. The molecule has 1 aliphatic carbocycles. The number of methoxy groups -OCH3 is 1. The number of anilines is 2. The minimum Gasteiger partial charge on any atom is -0.469 e. The summed E-state index contributed by atoms with van der Waals surface area (Å²) in [5.74, 6) is -0.955. The molecule has 2 amide bonds. The molecule has 6 nitrogen and oxygen atoms in total. The lowest BCUT2D eigenvalue weighted by Gasteiger charge is -2.16. The third-order valence-corrected chi connectivity index (χ3v) is 6.03. The summed E-state index contributed by atoms with van der Waals surface area (Å²) in [5, 5.41) is 5.59. The highest BCUT2D eigenvalue weighted by atomic mass is 16.5.